The molecule has 1 aromatic carbocycles. The minimum atomic E-state index is 0.490. The molecule has 2 unspecified atom stereocenters. The molecule has 140 valence electrons. The normalized spacial score (nSPS) is 21.5. The Balaban J connectivity index is 1.42. The standard InChI is InChI=1S/C21H30N4S/c1-17-14-20(9-12-25(17)15-18-6-4-3-5-7-18)24-21(22-2)23-11-8-19-10-13-26-16-19/h3-7,10,13,16-17,20H,8-9,11-12,14-15H2,1-2H3,(H2,22,23,24). The van der Waals surface area contributed by atoms with E-state index in [-0.39, 0.29) is 0 Å². The van der Waals surface area contributed by atoms with E-state index in [0.29, 0.717) is 12.1 Å². The molecule has 1 fully saturated rings. The molecule has 1 aromatic heterocycles. The van der Waals surface area contributed by atoms with Gasteiger partial charge in [-0.3, -0.25) is 9.89 Å². The second kappa shape index (κ2) is 9.74. The van der Waals surface area contributed by atoms with Crippen molar-refractivity contribution in [2.24, 2.45) is 4.99 Å². The minimum Gasteiger partial charge on any atom is -0.356 e. The molecular weight excluding hydrogens is 340 g/mol. The van der Waals surface area contributed by atoms with E-state index in [1.807, 2.05) is 7.05 Å². The monoisotopic (exact) mass is 370 g/mol. The fourth-order valence-corrected chi connectivity index (χ4v) is 4.26. The van der Waals surface area contributed by atoms with Crippen LogP contribution in [0.5, 0.6) is 0 Å². The zero-order valence-electron chi connectivity index (χ0n) is 15.8. The van der Waals surface area contributed by atoms with E-state index in [4.69, 9.17) is 0 Å². The fourth-order valence-electron chi connectivity index (χ4n) is 3.55. The lowest BCUT2D eigenvalue weighted by molar-refractivity contribution is 0.134. The van der Waals surface area contributed by atoms with Gasteiger partial charge in [-0.2, -0.15) is 11.3 Å². The van der Waals surface area contributed by atoms with Crippen molar-refractivity contribution >= 4 is 17.3 Å². The highest BCUT2D eigenvalue weighted by Gasteiger charge is 2.25. The molecule has 2 atom stereocenters. The number of nitrogens with one attached hydrogen (secondary N) is 2. The Hall–Kier alpha value is -1.85. The largest absolute Gasteiger partial charge is 0.356 e. The van der Waals surface area contributed by atoms with E-state index in [2.05, 4.69) is 74.6 Å². The van der Waals surface area contributed by atoms with Gasteiger partial charge in [0.1, 0.15) is 0 Å². The maximum Gasteiger partial charge on any atom is 0.191 e. The quantitative estimate of drug-likeness (QED) is 0.604. The Morgan fingerprint density at radius 1 is 1.23 bits per heavy atom. The molecule has 0 amide bonds. The molecule has 5 heteroatoms. The number of hydrogen-bond acceptors (Lipinski definition) is 3. The van der Waals surface area contributed by atoms with Crippen molar-refractivity contribution in [1.29, 1.82) is 0 Å². The molecule has 3 rings (SSSR count). The summed E-state index contributed by atoms with van der Waals surface area (Å²) in [6.45, 7) is 5.42. The van der Waals surface area contributed by atoms with E-state index in [1.165, 1.54) is 11.1 Å². The van der Waals surface area contributed by atoms with Crippen LogP contribution in [0.2, 0.25) is 0 Å². The predicted octanol–water partition coefficient (Wildman–Crippen LogP) is 3.51. The molecule has 2 N–H and O–H groups in total. The molecule has 0 aliphatic carbocycles. The summed E-state index contributed by atoms with van der Waals surface area (Å²) in [5.74, 6) is 0.925. The molecule has 1 aliphatic heterocycles. The Morgan fingerprint density at radius 3 is 2.77 bits per heavy atom. The summed E-state index contributed by atoms with van der Waals surface area (Å²) < 4.78 is 0. The molecule has 0 spiro atoms. The van der Waals surface area contributed by atoms with Gasteiger partial charge in [0.25, 0.3) is 0 Å². The van der Waals surface area contributed by atoms with Crippen LogP contribution in [0.1, 0.15) is 30.9 Å². The van der Waals surface area contributed by atoms with Crippen molar-refractivity contribution in [3.05, 3.63) is 58.3 Å². The van der Waals surface area contributed by atoms with Crippen molar-refractivity contribution in [3.63, 3.8) is 0 Å². The van der Waals surface area contributed by atoms with Crippen molar-refractivity contribution in [3.8, 4) is 0 Å². The minimum absolute atomic E-state index is 0.490. The summed E-state index contributed by atoms with van der Waals surface area (Å²) in [5, 5.41) is 11.4. The molecule has 0 radical (unpaired) electrons. The summed E-state index contributed by atoms with van der Waals surface area (Å²) in [6, 6.07) is 14.0. The van der Waals surface area contributed by atoms with Gasteiger partial charge in [-0.25, -0.2) is 0 Å². The van der Waals surface area contributed by atoms with Crippen LogP contribution >= 0.6 is 11.3 Å². The van der Waals surface area contributed by atoms with Crippen molar-refractivity contribution in [2.45, 2.75) is 44.8 Å². The van der Waals surface area contributed by atoms with Crippen LogP contribution in [0, 0.1) is 0 Å². The van der Waals surface area contributed by atoms with Crippen molar-refractivity contribution < 1.29 is 0 Å². The third-order valence-electron chi connectivity index (χ3n) is 5.09. The second-order valence-electron chi connectivity index (χ2n) is 7.05. The number of nitrogens with zero attached hydrogens (tertiary/aromatic N) is 2. The fraction of sp³-hybridized carbons (Fsp3) is 0.476. The zero-order chi connectivity index (χ0) is 18.2. The summed E-state index contributed by atoms with van der Waals surface area (Å²) in [6.07, 6.45) is 3.34. The summed E-state index contributed by atoms with van der Waals surface area (Å²) in [4.78, 5) is 6.98. The van der Waals surface area contributed by atoms with Gasteiger partial charge in [-0.1, -0.05) is 30.3 Å². The molecule has 26 heavy (non-hydrogen) atoms. The molecule has 2 heterocycles. The van der Waals surface area contributed by atoms with Gasteiger partial charge in [0.15, 0.2) is 5.96 Å². The lowest BCUT2D eigenvalue weighted by atomic mass is 9.97. The first-order valence-electron chi connectivity index (χ1n) is 9.51. The van der Waals surface area contributed by atoms with Gasteiger partial charge in [0.05, 0.1) is 0 Å². The number of hydrogen-bond donors (Lipinski definition) is 2. The molecular formula is C21H30N4S. The average molecular weight is 371 g/mol. The summed E-state index contributed by atoms with van der Waals surface area (Å²) in [7, 11) is 1.86. The topological polar surface area (TPSA) is 39.7 Å². The zero-order valence-corrected chi connectivity index (χ0v) is 16.6. The average Bonchev–Trinajstić information content (AvgIpc) is 3.17. The van der Waals surface area contributed by atoms with Gasteiger partial charge >= 0.3 is 0 Å². The number of likely N-dealkylation sites (tertiary alicyclic amines) is 1. The lowest BCUT2D eigenvalue weighted by Gasteiger charge is -2.38. The summed E-state index contributed by atoms with van der Waals surface area (Å²) >= 11 is 1.76. The number of aliphatic imine (C=N–C) groups is 1. The first kappa shape index (κ1) is 18.9. The Labute approximate surface area is 161 Å². The van der Waals surface area contributed by atoms with Gasteiger partial charge < -0.3 is 10.6 Å². The van der Waals surface area contributed by atoms with E-state index in [0.717, 1.165) is 44.9 Å². The molecule has 1 aliphatic rings. The highest BCUT2D eigenvalue weighted by atomic mass is 32.1. The van der Waals surface area contributed by atoms with E-state index < -0.39 is 0 Å². The number of rotatable bonds is 6. The Bertz CT molecular complexity index is 669. The lowest BCUT2D eigenvalue weighted by Crippen LogP contribution is -2.51. The van der Waals surface area contributed by atoms with Gasteiger partial charge in [-0.05, 0) is 54.1 Å². The van der Waals surface area contributed by atoms with E-state index in [1.54, 1.807) is 11.3 Å². The van der Waals surface area contributed by atoms with Crippen LogP contribution in [0.3, 0.4) is 0 Å². The second-order valence-corrected chi connectivity index (χ2v) is 7.83. The predicted molar refractivity (Wildman–Crippen MR) is 112 cm³/mol. The smallest absolute Gasteiger partial charge is 0.191 e. The number of thiophene rings is 1. The Morgan fingerprint density at radius 2 is 2.08 bits per heavy atom. The van der Waals surface area contributed by atoms with Crippen molar-refractivity contribution in [2.75, 3.05) is 20.1 Å². The number of guanidine groups is 1. The van der Waals surface area contributed by atoms with Gasteiger partial charge in [0.2, 0.25) is 0 Å². The van der Waals surface area contributed by atoms with Crippen molar-refractivity contribution in [1.82, 2.24) is 15.5 Å². The third-order valence-corrected chi connectivity index (χ3v) is 5.82. The van der Waals surface area contributed by atoms with Gasteiger partial charge in [-0.15, -0.1) is 0 Å². The van der Waals surface area contributed by atoms with Crippen LogP contribution in [0.4, 0.5) is 0 Å². The molecule has 1 saturated heterocycles. The van der Waals surface area contributed by atoms with Crippen LogP contribution in [-0.4, -0.2) is 43.1 Å². The molecule has 4 nitrogen and oxygen atoms in total. The molecule has 0 saturated carbocycles. The maximum absolute atomic E-state index is 4.40. The summed E-state index contributed by atoms with van der Waals surface area (Å²) in [5.41, 5.74) is 2.79. The highest BCUT2D eigenvalue weighted by Crippen LogP contribution is 2.19. The van der Waals surface area contributed by atoms with E-state index in [9.17, 15) is 0 Å². The Kier molecular flexibility index (Phi) is 7.09. The van der Waals surface area contributed by atoms with Gasteiger partial charge in [0, 0.05) is 38.8 Å². The van der Waals surface area contributed by atoms with E-state index >= 15 is 0 Å². The number of piperidine rings is 1. The first-order chi connectivity index (χ1) is 12.7. The van der Waals surface area contributed by atoms with Crippen LogP contribution in [0.15, 0.2) is 52.2 Å². The molecule has 0 bridgehead atoms. The van der Waals surface area contributed by atoms with Crippen LogP contribution in [0.25, 0.3) is 0 Å². The first-order valence-corrected chi connectivity index (χ1v) is 10.4. The number of benzene rings is 1. The third kappa shape index (κ3) is 5.58. The van der Waals surface area contributed by atoms with Crippen LogP contribution in [-0.2, 0) is 13.0 Å². The van der Waals surface area contributed by atoms with Crippen LogP contribution < -0.4 is 10.6 Å². The molecule has 2 aromatic rings. The highest BCUT2D eigenvalue weighted by molar-refractivity contribution is 7.07. The SMILES string of the molecule is CN=C(NCCc1ccsc1)NC1CCN(Cc2ccccc2)C(C)C1. The maximum atomic E-state index is 4.40.